The highest BCUT2D eigenvalue weighted by Gasteiger charge is 2.51. The lowest BCUT2D eigenvalue weighted by atomic mass is 9.90. The van der Waals surface area contributed by atoms with Crippen molar-refractivity contribution >= 4 is 46.9 Å². The Labute approximate surface area is 190 Å². The van der Waals surface area contributed by atoms with E-state index < -0.39 is 17.5 Å². The van der Waals surface area contributed by atoms with Crippen LogP contribution in [-0.4, -0.2) is 34.8 Å². The van der Waals surface area contributed by atoms with E-state index in [1.807, 2.05) is 42.5 Å². The van der Waals surface area contributed by atoms with Gasteiger partial charge in [-0.1, -0.05) is 61.2 Å². The van der Waals surface area contributed by atoms with E-state index in [0.29, 0.717) is 23.6 Å². The van der Waals surface area contributed by atoms with Gasteiger partial charge in [0.2, 0.25) is 5.91 Å². The lowest BCUT2D eigenvalue weighted by molar-refractivity contribution is -0.134. The number of anilines is 1. The molecule has 1 heterocycles. The highest BCUT2D eigenvalue weighted by molar-refractivity contribution is 7.99. The molecule has 31 heavy (non-hydrogen) atoms. The van der Waals surface area contributed by atoms with Gasteiger partial charge in [0.05, 0.1) is 5.69 Å². The Morgan fingerprint density at radius 2 is 1.71 bits per heavy atom. The number of benzene rings is 2. The predicted octanol–water partition coefficient (Wildman–Crippen LogP) is 5.07. The molecule has 0 unspecified atom stereocenters. The van der Waals surface area contributed by atoms with E-state index in [1.54, 1.807) is 6.07 Å². The first-order valence-electron chi connectivity index (χ1n) is 10.4. The van der Waals surface area contributed by atoms with Crippen LogP contribution in [0.15, 0.2) is 58.3 Å². The fraction of sp³-hybridized carbons (Fsp3) is 0.348. The minimum absolute atomic E-state index is 0.279. The summed E-state index contributed by atoms with van der Waals surface area (Å²) in [4.78, 5) is 41.1. The Morgan fingerprint density at radius 1 is 1.03 bits per heavy atom. The van der Waals surface area contributed by atoms with Crippen molar-refractivity contribution < 1.29 is 14.4 Å². The van der Waals surface area contributed by atoms with Crippen LogP contribution in [0.3, 0.4) is 0 Å². The molecule has 2 aromatic rings. The summed E-state index contributed by atoms with van der Waals surface area (Å²) in [6.07, 6.45) is 5.20. The number of imide groups is 1. The molecule has 4 amide bonds. The van der Waals surface area contributed by atoms with E-state index in [4.69, 9.17) is 11.6 Å². The highest BCUT2D eigenvalue weighted by atomic mass is 35.5. The van der Waals surface area contributed by atoms with Gasteiger partial charge in [-0.2, -0.15) is 0 Å². The number of nitrogens with one attached hydrogen (secondary N) is 2. The summed E-state index contributed by atoms with van der Waals surface area (Å²) >= 11 is 7.45. The van der Waals surface area contributed by atoms with Crippen LogP contribution in [0.5, 0.6) is 0 Å². The van der Waals surface area contributed by atoms with Crippen molar-refractivity contribution in [3.8, 4) is 0 Å². The largest absolute Gasteiger partial charge is 0.325 e. The second-order valence-corrected chi connectivity index (χ2v) is 9.47. The Morgan fingerprint density at radius 3 is 2.42 bits per heavy atom. The second-order valence-electron chi connectivity index (χ2n) is 7.92. The number of halogens is 1. The van der Waals surface area contributed by atoms with Gasteiger partial charge in [0.1, 0.15) is 12.1 Å². The summed E-state index contributed by atoms with van der Waals surface area (Å²) in [5, 5.41) is 6.38. The van der Waals surface area contributed by atoms with Gasteiger partial charge in [-0.25, -0.2) is 4.79 Å². The molecule has 1 spiro atoms. The third kappa shape index (κ3) is 4.88. The minimum Gasteiger partial charge on any atom is -0.323 e. The highest BCUT2D eigenvalue weighted by Crippen LogP contribution is 2.35. The molecule has 6 nitrogen and oxygen atoms in total. The topological polar surface area (TPSA) is 78.5 Å². The number of carbonyl (C=O) groups excluding carboxylic acids is 3. The quantitative estimate of drug-likeness (QED) is 0.614. The Balaban J connectivity index is 1.44. The van der Waals surface area contributed by atoms with E-state index >= 15 is 0 Å². The number of carbonyl (C=O) groups is 3. The molecule has 2 aromatic carbocycles. The zero-order chi connectivity index (χ0) is 21.8. The van der Waals surface area contributed by atoms with Crippen molar-refractivity contribution in [1.82, 2.24) is 10.2 Å². The predicted molar refractivity (Wildman–Crippen MR) is 121 cm³/mol. The van der Waals surface area contributed by atoms with Crippen LogP contribution < -0.4 is 10.6 Å². The number of hydrogen-bond acceptors (Lipinski definition) is 4. The molecule has 0 bridgehead atoms. The van der Waals surface area contributed by atoms with Crippen molar-refractivity contribution in [3.63, 3.8) is 0 Å². The van der Waals surface area contributed by atoms with Crippen molar-refractivity contribution in [3.05, 3.63) is 53.6 Å². The zero-order valence-corrected chi connectivity index (χ0v) is 18.6. The van der Waals surface area contributed by atoms with Crippen molar-refractivity contribution in [2.24, 2.45) is 0 Å². The number of amides is 4. The SMILES string of the molecule is O=C(CN1C(=O)NC2(CCCCCC2)C1=O)Nc1ccccc1Sc1ccc(Cl)cc1. The maximum Gasteiger partial charge on any atom is 0.325 e. The number of rotatable bonds is 5. The number of hydrogen-bond donors (Lipinski definition) is 2. The van der Waals surface area contributed by atoms with Crippen LogP contribution in [0.25, 0.3) is 0 Å². The molecule has 2 aliphatic rings. The summed E-state index contributed by atoms with van der Waals surface area (Å²) in [6, 6.07) is 14.4. The molecule has 1 saturated carbocycles. The van der Waals surface area contributed by atoms with Gasteiger partial charge in [0.15, 0.2) is 0 Å². The molecule has 4 rings (SSSR count). The molecular weight excluding hydrogens is 434 g/mol. The number of nitrogens with zero attached hydrogens (tertiary/aromatic N) is 1. The molecule has 1 aliphatic carbocycles. The molecule has 2 fully saturated rings. The van der Waals surface area contributed by atoms with Crippen molar-refractivity contribution in [2.45, 2.75) is 53.9 Å². The van der Waals surface area contributed by atoms with Gasteiger partial charge in [0.25, 0.3) is 5.91 Å². The second kappa shape index (κ2) is 9.32. The lowest BCUT2D eigenvalue weighted by Crippen LogP contribution is -2.47. The molecule has 2 N–H and O–H groups in total. The number of urea groups is 1. The van der Waals surface area contributed by atoms with Gasteiger partial charge < -0.3 is 10.6 Å². The van der Waals surface area contributed by atoms with Crippen LogP contribution in [0.1, 0.15) is 38.5 Å². The van der Waals surface area contributed by atoms with Gasteiger partial charge >= 0.3 is 6.03 Å². The smallest absolute Gasteiger partial charge is 0.323 e. The summed E-state index contributed by atoms with van der Waals surface area (Å²) in [7, 11) is 0. The summed E-state index contributed by atoms with van der Waals surface area (Å²) in [5.41, 5.74) is -0.209. The van der Waals surface area contributed by atoms with Crippen LogP contribution in [-0.2, 0) is 9.59 Å². The van der Waals surface area contributed by atoms with Gasteiger partial charge in [0, 0.05) is 14.8 Å². The minimum atomic E-state index is -0.837. The standard InChI is InChI=1S/C23H24ClN3O3S/c24-16-9-11-17(12-10-16)31-19-8-4-3-7-18(19)25-20(28)15-27-21(29)23(26-22(27)30)13-5-1-2-6-14-23/h3-4,7-12H,1-2,5-6,13-15H2,(H,25,28)(H,26,30). The zero-order valence-electron chi connectivity index (χ0n) is 17.0. The molecule has 8 heteroatoms. The van der Waals surface area contributed by atoms with Crippen LogP contribution in [0.2, 0.25) is 5.02 Å². The van der Waals surface area contributed by atoms with Crippen LogP contribution in [0.4, 0.5) is 10.5 Å². The third-order valence-electron chi connectivity index (χ3n) is 5.71. The van der Waals surface area contributed by atoms with Crippen molar-refractivity contribution in [2.75, 3.05) is 11.9 Å². The first-order chi connectivity index (χ1) is 15.0. The normalized spacial score (nSPS) is 18.0. The molecule has 1 saturated heterocycles. The Hall–Kier alpha value is -2.51. The maximum atomic E-state index is 13.0. The summed E-state index contributed by atoms with van der Waals surface area (Å²) in [5.74, 6) is -0.684. The fourth-order valence-electron chi connectivity index (χ4n) is 4.11. The van der Waals surface area contributed by atoms with E-state index in [9.17, 15) is 14.4 Å². The van der Waals surface area contributed by atoms with E-state index in [0.717, 1.165) is 40.4 Å². The monoisotopic (exact) mass is 457 g/mol. The van der Waals surface area contributed by atoms with E-state index in [1.165, 1.54) is 11.8 Å². The van der Waals surface area contributed by atoms with Gasteiger partial charge in [-0.3, -0.25) is 14.5 Å². The number of para-hydroxylation sites is 1. The first kappa shape index (κ1) is 21.7. The van der Waals surface area contributed by atoms with Crippen molar-refractivity contribution in [1.29, 1.82) is 0 Å². The lowest BCUT2D eigenvalue weighted by Gasteiger charge is -2.24. The van der Waals surface area contributed by atoms with E-state index in [2.05, 4.69) is 10.6 Å². The summed E-state index contributed by atoms with van der Waals surface area (Å²) in [6.45, 7) is -0.299. The summed E-state index contributed by atoms with van der Waals surface area (Å²) < 4.78 is 0. The maximum absolute atomic E-state index is 13.0. The average Bonchev–Trinajstić information content (AvgIpc) is 2.91. The average molecular weight is 458 g/mol. The third-order valence-corrected chi connectivity index (χ3v) is 7.04. The van der Waals surface area contributed by atoms with Crippen LogP contribution in [0, 0.1) is 0 Å². The van der Waals surface area contributed by atoms with E-state index in [-0.39, 0.29) is 12.5 Å². The molecule has 1 aliphatic heterocycles. The first-order valence-corrected chi connectivity index (χ1v) is 11.6. The van der Waals surface area contributed by atoms with Gasteiger partial charge in [-0.15, -0.1) is 0 Å². The molecule has 0 radical (unpaired) electrons. The molecule has 162 valence electrons. The Kier molecular flexibility index (Phi) is 6.53. The Bertz CT molecular complexity index is 988. The van der Waals surface area contributed by atoms with Crippen LogP contribution >= 0.6 is 23.4 Å². The molecular formula is C23H24ClN3O3S. The fourth-order valence-corrected chi connectivity index (χ4v) is 5.14. The van der Waals surface area contributed by atoms with Gasteiger partial charge in [-0.05, 0) is 49.2 Å². The molecule has 0 aromatic heterocycles. The molecule has 0 atom stereocenters.